The average molecular weight is 399 g/mol. The summed E-state index contributed by atoms with van der Waals surface area (Å²) in [6.07, 6.45) is -1.03. The molecule has 3 rings (SSSR count). The van der Waals surface area contributed by atoms with Crippen LogP contribution in [0.1, 0.15) is 28.7 Å². The number of amides is 1. The highest BCUT2D eigenvalue weighted by Gasteiger charge is 2.24. The van der Waals surface area contributed by atoms with Crippen molar-refractivity contribution in [3.63, 3.8) is 0 Å². The monoisotopic (exact) mass is 398 g/mol. The lowest BCUT2D eigenvalue weighted by molar-refractivity contribution is -0.123. The Bertz CT molecular complexity index is 1010. The van der Waals surface area contributed by atoms with Crippen molar-refractivity contribution in [1.82, 2.24) is 4.98 Å². The minimum atomic E-state index is -1.03. The van der Waals surface area contributed by atoms with Crippen LogP contribution in [-0.2, 0) is 9.53 Å². The van der Waals surface area contributed by atoms with Crippen molar-refractivity contribution >= 4 is 29.2 Å². The summed E-state index contributed by atoms with van der Waals surface area (Å²) in [7, 11) is 0. The summed E-state index contributed by atoms with van der Waals surface area (Å²) in [6.45, 7) is 4.90. The van der Waals surface area contributed by atoms with Gasteiger partial charge in [0.2, 0.25) is 5.89 Å². The van der Waals surface area contributed by atoms with Gasteiger partial charge in [-0.15, -0.1) is 0 Å². The smallest absolute Gasteiger partial charge is 0.361 e. The standard InChI is InChI=1S/C21H19ClN2O4/c1-12-16(22)10-7-11-17(12)23-19(25)14(3)28-21(26)18-13(2)27-20(24-18)15-8-5-4-6-9-15/h4-11,14H,1-3H3,(H,23,25)/t14-/m0/s1. The number of nitrogens with one attached hydrogen (secondary N) is 1. The number of nitrogens with zero attached hydrogens (tertiary/aromatic N) is 1. The third-order valence-electron chi connectivity index (χ3n) is 4.19. The predicted octanol–water partition coefficient (Wildman–Crippen LogP) is 4.80. The number of halogens is 1. The van der Waals surface area contributed by atoms with E-state index >= 15 is 0 Å². The largest absolute Gasteiger partial charge is 0.448 e. The van der Waals surface area contributed by atoms with E-state index in [1.54, 1.807) is 32.0 Å². The molecule has 1 heterocycles. The molecule has 0 saturated heterocycles. The molecule has 144 valence electrons. The Morgan fingerprint density at radius 3 is 2.54 bits per heavy atom. The molecular formula is C21H19ClN2O4. The van der Waals surface area contributed by atoms with E-state index in [-0.39, 0.29) is 5.69 Å². The second-order valence-corrected chi connectivity index (χ2v) is 6.65. The Hall–Kier alpha value is -3.12. The van der Waals surface area contributed by atoms with Crippen molar-refractivity contribution < 1.29 is 18.7 Å². The molecule has 1 atom stereocenters. The van der Waals surface area contributed by atoms with Gasteiger partial charge >= 0.3 is 5.97 Å². The minimum Gasteiger partial charge on any atom is -0.448 e. The zero-order valence-electron chi connectivity index (χ0n) is 15.7. The van der Waals surface area contributed by atoms with Gasteiger partial charge < -0.3 is 14.5 Å². The zero-order chi connectivity index (χ0) is 20.3. The molecule has 1 N–H and O–H groups in total. The van der Waals surface area contributed by atoms with Gasteiger partial charge in [0.1, 0.15) is 5.76 Å². The first kappa shape index (κ1) is 19.6. The van der Waals surface area contributed by atoms with Crippen molar-refractivity contribution in [3.05, 3.63) is 70.6 Å². The topological polar surface area (TPSA) is 81.4 Å². The lowest BCUT2D eigenvalue weighted by Gasteiger charge is -2.14. The fourth-order valence-electron chi connectivity index (χ4n) is 2.54. The molecule has 1 aromatic heterocycles. The van der Waals surface area contributed by atoms with E-state index in [9.17, 15) is 9.59 Å². The Labute approximate surface area is 167 Å². The van der Waals surface area contributed by atoms with E-state index in [1.165, 1.54) is 6.92 Å². The van der Waals surface area contributed by atoms with Gasteiger partial charge in [0.05, 0.1) is 0 Å². The lowest BCUT2D eigenvalue weighted by atomic mass is 10.2. The van der Waals surface area contributed by atoms with Gasteiger partial charge in [-0.3, -0.25) is 4.79 Å². The number of benzene rings is 2. The molecule has 2 aromatic carbocycles. The molecular weight excluding hydrogens is 380 g/mol. The van der Waals surface area contributed by atoms with Crippen LogP contribution in [0, 0.1) is 13.8 Å². The van der Waals surface area contributed by atoms with Crippen LogP contribution in [0.25, 0.3) is 11.5 Å². The highest BCUT2D eigenvalue weighted by molar-refractivity contribution is 6.31. The fraction of sp³-hybridized carbons (Fsp3) is 0.190. The van der Waals surface area contributed by atoms with Gasteiger partial charge in [-0.1, -0.05) is 35.9 Å². The highest BCUT2D eigenvalue weighted by atomic mass is 35.5. The van der Waals surface area contributed by atoms with Gasteiger partial charge in [-0.25, -0.2) is 9.78 Å². The first-order valence-corrected chi connectivity index (χ1v) is 9.04. The number of hydrogen-bond acceptors (Lipinski definition) is 5. The second-order valence-electron chi connectivity index (χ2n) is 6.24. The Kier molecular flexibility index (Phi) is 5.80. The maximum absolute atomic E-state index is 12.5. The Balaban J connectivity index is 1.69. The van der Waals surface area contributed by atoms with E-state index in [4.69, 9.17) is 20.8 Å². The minimum absolute atomic E-state index is 0.0393. The highest BCUT2D eigenvalue weighted by Crippen LogP contribution is 2.24. The van der Waals surface area contributed by atoms with Crippen LogP contribution >= 0.6 is 11.6 Å². The number of anilines is 1. The lowest BCUT2D eigenvalue weighted by Crippen LogP contribution is -2.30. The number of carbonyl (C=O) groups is 2. The summed E-state index contributed by atoms with van der Waals surface area (Å²) >= 11 is 6.06. The first-order valence-electron chi connectivity index (χ1n) is 8.66. The van der Waals surface area contributed by atoms with Crippen LogP contribution in [0.4, 0.5) is 5.69 Å². The first-order chi connectivity index (χ1) is 13.4. The number of hydrogen-bond donors (Lipinski definition) is 1. The molecule has 0 aliphatic heterocycles. The molecule has 0 bridgehead atoms. The van der Waals surface area contributed by atoms with Crippen molar-refractivity contribution in [2.24, 2.45) is 0 Å². The van der Waals surface area contributed by atoms with Gasteiger partial charge in [0.15, 0.2) is 11.8 Å². The zero-order valence-corrected chi connectivity index (χ0v) is 16.4. The van der Waals surface area contributed by atoms with E-state index in [2.05, 4.69) is 10.3 Å². The molecule has 0 aliphatic rings. The maximum atomic E-state index is 12.5. The van der Waals surface area contributed by atoms with E-state index in [0.717, 1.165) is 11.1 Å². The SMILES string of the molecule is Cc1oc(-c2ccccc2)nc1C(=O)O[C@@H](C)C(=O)Nc1cccc(Cl)c1C. The van der Waals surface area contributed by atoms with E-state index < -0.39 is 18.0 Å². The Morgan fingerprint density at radius 2 is 1.82 bits per heavy atom. The summed E-state index contributed by atoms with van der Waals surface area (Å²) in [5.41, 5.74) is 2.07. The molecule has 28 heavy (non-hydrogen) atoms. The molecule has 0 unspecified atom stereocenters. The number of ether oxygens (including phenoxy) is 1. The fourth-order valence-corrected chi connectivity index (χ4v) is 2.71. The van der Waals surface area contributed by atoms with Crippen LogP contribution in [0.15, 0.2) is 52.9 Å². The second kappa shape index (κ2) is 8.27. The summed E-state index contributed by atoms with van der Waals surface area (Å²) in [5.74, 6) is -0.559. The number of carbonyl (C=O) groups excluding carboxylic acids is 2. The normalized spacial score (nSPS) is 11.7. The van der Waals surface area contributed by atoms with Gasteiger partial charge in [0, 0.05) is 16.3 Å². The molecule has 0 fully saturated rings. The van der Waals surface area contributed by atoms with Gasteiger partial charge in [-0.2, -0.15) is 0 Å². The number of oxazole rings is 1. The predicted molar refractivity (Wildman–Crippen MR) is 106 cm³/mol. The third-order valence-corrected chi connectivity index (χ3v) is 4.60. The molecule has 0 aliphatic carbocycles. The Morgan fingerprint density at radius 1 is 1.11 bits per heavy atom. The number of aryl methyl sites for hydroxylation is 1. The van der Waals surface area contributed by atoms with E-state index in [1.807, 2.05) is 30.3 Å². The quantitative estimate of drug-likeness (QED) is 0.624. The molecule has 0 spiro atoms. The number of aromatic nitrogens is 1. The number of esters is 1. The van der Waals surface area contributed by atoms with Crippen molar-refractivity contribution in [2.45, 2.75) is 26.9 Å². The van der Waals surface area contributed by atoms with Crippen LogP contribution in [-0.4, -0.2) is 23.0 Å². The number of rotatable bonds is 5. The third kappa shape index (κ3) is 4.23. The summed E-state index contributed by atoms with van der Waals surface area (Å²) in [5, 5.41) is 3.25. The average Bonchev–Trinajstić information content (AvgIpc) is 3.08. The van der Waals surface area contributed by atoms with E-state index in [0.29, 0.717) is 22.4 Å². The van der Waals surface area contributed by atoms with Crippen LogP contribution in [0.5, 0.6) is 0 Å². The molecule has 3 aromatic rings. The summed E-state index contributed by atoms with van der Waals surface area (Å²) in [6, 6.07) is 14.4. The summed E-state index contributed by atoms with van der Waals surface area (Å²) in [4.78, 5) is 29.0. The molecule has 1 amide bonds. The molecule has 0 saturated carbocycles. The molecule has 7 heteroatoms. The summed E-state index contributed by atoms with van der Waals surface area (Å²) < 4.78 is 10.8. The van der Waals surface area contributed by atoms with Crippen LogP contribution < -0.4 is 5.32 Å². The molecule has 0 radical (unpaired) electrons. The van der Waals surface area contributed by atoms with Crippen molar-refractivity contribution in [3.8, 4) is 11.5 Å². The van der Waals surface area contributed by atoms with Crippen molar-refractivity contribution in [2.75, 3.05) is 5.32 Å². The van der Waals surface area contributed by atoms with Gasteiger partial charge in [0.25, 0.3) is 5.91 Å². The molecule has 6 nitrogen and oxygen atoms in total. The maximum Gasteiger partial charge on any atom is 0.361 e. The van der Waals surface area contributed by atoms with Crippen molar-refractivity contribution in [1.29, 1.82) is 0 Å². The van der Waals surface area contributed by atoms with Gasteiger partial charge in [-0.05, 0) is 50.6 Å². The van der Waals surface area contributed by atoms with Crippen LogP contribution in [0.3, 0.4) is 0 Å². The van der Waals surface area contributed by atoms with Crippen LogP contribution in [0.2, 0.25) is 5.02 Å².